The molecular weight excluding hydrogens is 262 g/mol. The van der Waals surface area contributed by atoms with Crippen molar-refractivity contribution in [1.82, 2.24) is 0 Å². The molecule has 1 aliphatic rings. The average Bonchev–Trinajstić information content (AvgIpc) is 2.57. The van der Waals surface area contributed by atoms with E-state index in [2.05, 4.69) is 0 Å². The van der Waals surface area contributed by atoms with Crippen molar-refractivity contribution in [2.45, 2.75) is 10.6 Å². The summed E-state index contributed by atoms with van der Waals surface area (Å²) in [5, 5.41) is 10.8. The van der Waals surface area contributed by atoms with Crippen molar-refractivity contribution in [2.24, 2.45) is 0 Å². The first kappa shape index (κ1) is 11.9. The summed E-state index contributed by atoms with van der Waals surface area (Å²) in [4.78, 5) is 23.7. The van der Waals surface area contributed by atoms with Crippen LogP contribution in [0.2, 0.25) is 0 Å². The van der Waals surface area contributed by atoms with Crippen LogP contribution in [-0.2, 0) is 5.75 Å². The highest BCUT2D eigenvalue weighted by molar-refractivity contribution is 7.98. The van der Waals surface area contributed by atoms with Crippen LogP contribution in [0.15, 0.2) is 47.4 Å². The summed E-state index contributed by atoms with van der Waals surface area (Å²) in [7, 11) is 0. The van der Waals surface area contributed by atoms with Crippen molar-refractivity contribution in [3.8, 4) is 0 Å². The Balaban J connectivity index is 2.15. The molecule has 0 saturated heterocycles. The van der Waals surface area contributed by atoms with Gasteiger partial charge in [0.05, 0.1) is 4.92 Å². The largest absolute Gasteiger partial charge is 0.289 e. The van der Waals surface area contributed by atoms with Crippen LogP contribution in [0.1, 0.15) is 21.5 Å². The van der Waals surface area contributed by atoms with Crippen molar-refractivity contribution in [1.29, 1.82) is 0 Å². The van der Waals surface area contributed by atoms with Gasteiger partial charge < -0.3 is 0 Å². The number of nitro groups is 1. The van der Waals surface area contributed by atoms with Crippen LogP contribution in [0.25, 0.3) is 0 Å². The van der Waals surface area contributed by atoms with Gasteiger partial charge in [-0.1, -0.05) is 12.1 Å². The molecule has 0 unspecified atom stereocenters. The van der Waals surface area contributed by atoms with Crippen LogP contribution in [0.5, 0.6) is 0 Å². The molecular formula is C14H9NO3S. The Morgan fingerprint density at radius 1 is 1.11 bits per heavy atom. The minimum atomic E-state index is -0.437. The van der Waals surface area contributed by atoms with E-state index in [-0.39, 0.29) is 11.5 Å². The van der Waals surface area contributed by atoms with E-state index in [9.17, 15) is 14.9 Å². The quantitative estimate of drug-likeness (QED) is 0.589. The highest BCUT2D eigenvalue weighted by Gasteiger charge is 2.22. The second-order valence-electron chi connectivity index (χ2n) is 4.21. The molecule has 3 rings (SSSR count). The molecule has 0 fully saturated rings. The summed E-state index contributed by atoms with van der Waals surface area (Å²) < 4.78 is 0. The predicted molar refractivity (Wildman–Crippen MR) is 72.5 cm³/mol. The second-order valence-corrected chi connectivity index (χ2v) is 5.23. The molecule has 19 heavy (non-hydrogen) atoms. The molecule has 0 saturated carbocycles. The van der Waals surface area contributed by atoms with E-state index in [1.807, 2.05) is 18.2 Å². The lowest BCUT2D eigenvalue weighted by Crippen LogP contribution is -2.04. The summed E-state index contributed by atoms with van der Waals surface area (Å²) >= 11 is 1.53. The summed E-state index contributed by atoms with van der Waals surface area (Å²) in [6, 6.07) is 11.8. The molecule has 4 nitrogen and oxygen atoms in total. The zero-order valence-electron chi connectivity index (χ0n) is 9.83. The molecule has 5 heteroatoms. The smallest absolute Gasteiger partial charge is 0.269 e. The number of carbonyl (C=O) groups excluding carboxylic acids is 1. The third-order valence-electron chi connectivity index (χ3n) is 3.06. The van der Waals surface area contributed by atoms with Gasteiger partial charge in [-0.25, -0.2) is 0 Å². The third kappa shape index (κ3) is 2.02. The van der Waals surface area contributed by atoms with Gasteiger partial charge in [0.15, 0.2) is 5.78 Å². The zero-order chi connectivity index (χ0) is 13.4. The molecule has 0 atom stereocenters. The van der Waals surface area contributed by atoms with Crippen LogP contribution >= 0.6 is 11.8 Å². The number of hydrogen-bond donors (Lipinski definition) is 0. The predicted octanol–water partition coefficient (Wildman–Crippen LogP) is 3.43. The van der Waals surface area contributed by atoms with Crippen LogP contribution < -0.4 is 0 Å². The average molecular weight is 271 g/mol. The fourth-order valence-corrected chi connectivity index (χ4v) is 3.16. The number of hydrogen-bond acceptors (Lipinski definition) is 4. The lowest BCUT2D eigenvalue weighted by atomic mass is 9.99. The molecule has 0 bridgehead atoms. The van der Waals surface area contributed by atoms with E-state index in [0.29, 0.717) is 16.9 Å². The van der Waals surface area contributed by atoms with Gasteiger partial charge in [-0.3, -0.25) is 14.9 Å². The number of fused-ring (bicyclic) bond motifs is 2. The summed E-state index contributed by atoms with van der Waals surface area (Å²) in [5.41, 5.74) is 1.97. The van der Waals surface area contributed by atoms with E-state index in [4.69, 9.17) is 0 Å². The van der Waals surface area contributed by atoms with E-state index in [0.717, 1.165) is 10.5 Å². The molecule has 0 amide bonds. The van der Waals surface area contributed by atoms with E-state index >= 15 is 0 Å². The molecule has 0 radical (unpaired) electrons. The number of ketones is 1. The normalized spacial score (nSPS) is 13.4. The Morgan fingerprint density at radius 3 is 2.68 bits per heavy atom. The summed E-state index contributed by atoms with van der Waals surface area (Å²) in [5.74, 6) is 0.505. The molecule has 1 aliphatic heterocycles. The topological polar surface area (TPSA) is 60.2 Å². The van der Waals surface area contributed by atoms with Gasteiger partial charge in [-0.05, 0) is 23.8 Å². The van der Waals surface area contributed by atoms with Gasteiger partial charge in [0.2, 0.25) is 0 Å². The van der Waals surface area contributed by atoms with Crippen LogP contribution in [0, 0.1) is 10.1 Å². The van der Waals surface area contributed by atoms with Gasteiger partial charge >= 0.3 is 0 Å². The van der Waals surface area contributed by atoms with E-state index < -0.39 is 4.92 Å². The molecule has 0 aromatic heterocycles. The monoisotopic (exact) mass is 271 g/mol. The summed E-state index contributed by atoms with van der Waals surface area (Å²) in [6.45, 7) is 0. The van der Waals surface area contributed by atoms with Crippen LogP contribution in [0.4, 0.5) is 5.69 Å². The highest BCUT2D eigenvalue weighted by Crippen LogP contribution is 2.34. The number of rotatable bonds is 1. The Labute approximate surface area is 113 Å². The van der Waals surface area contributed by atoms with Crippen molar-refractivity contribution in [3.05, 3.63) is 69.3 Å². The second kappa shape index (κ2) is 4.51. The number of thioether (sulfide) groups is 1. The lowest BCUT2D eigenvalue weighted by molar-refractivity contribution is -0.384. The number of benzene rings is 2. The third-order valence-corrected chi connectivity index (χ3v) is 4.18. The Bertz CT molecular complexity index is 697. The van der Waals surface area contributed by atoms with Crippen molar-refractivity contribution < 1.29 is 9.72 Å². The minimum Gasteiger partial charge on any atom is -0.289 e. The Morgan fingerprint density at radius 2 is 1.89 bits per heavy atom. The fraction of sp³-hybridized carbons (Fsp3) is 0.0714. The Kier molecular flexibility index (Phi) is 2.83. The van der Waals surface area contributed by atoms with Crippen LogP contribution in [-0.4, -0.2) is 10.7 Å². The highest BCUT2D eigenvalue weighted by atomic mass is 32.2. The van der Waals surface area contributed by atoms with E-state index in [1.165, 1.54) is 23.9 Å². The molecule has 2 aromatic carbocycles. The molecule has 94 valence electrons. The molecule has 0 spiro atoms. The van der Waals surface area contributed by atoms with Crippen molar-refractivity contribution in [2.75, 3.05) is 0 Å². The molecule has 0 N–H and O–H groups in total. The zero-order valence-corrected chi connectivity index (χ0v) is 10.6. The standard InChI is InChI=1S/C14H9NO3S/c16-14-11-6-5-10(15(17)18)7-9(11)8-19-13-4-2-1-3-12(13)14/h1-7H,8H2. The molecule has 1 heterocycles. The number of carbonyl (C=O) groups is 1. The lowest BCUT2D eigenvalue weighted by Gasteiger charge is -2.03. The first-order valence-electron chi connectivity index (χ1n) is 5.70. The van der Waals surface area contributed by atoms with Gasteiger partial charge in [0.1, 0.15) is 0 Å². The maximum atomic E-state index is 12.4. The number of nitro benzene ring substituents is 1. The van der Waals surface area contributed by atoms with Crippen molar-refractivity contribution in [3.63, 3.8) is 0 Å². The minimum absolute atomic E-state index is 0.0260. The van der Waals surface area contributed by atoms with Gasteiger partial charge in [-0.2, -0.15) is 0 Å². The first-order valence-corrected chi connectivity index (χ1v) is 6.69. The fourth-order valence-electron chi connectivity index (χ4n) is 2.12. The SMILES string of the molecule is O=C1c2ccc([N+](=O)[O-])cc2CSc2ccccc21. The van der Waals surface area contributed by atoms with Gasteiger partial charge in [0.25, 0.3) is 5.69 Å². The maximum absolute atomic E-state index is 12.4. The Hall–Kier alpha value is -2.14. The van der Waals surface area contributed by atoms with Crippen LogP contribution in [0.3, 0.4) is 0 Å². The number of nitrogens with zero attached hydrogens (tertiary/aromatic N) is 1. The number of non-ortho nitro benzene ring substituents is 1. The molecule has 0 aliphatic carbocycles. The summed E-state index contributed by atoms with van der Waals surface area (Å²) in [6.07, 6.45) is 0. The first-order chi connectivity index (χ1) is 9.16. The van der Waals surface area contributed by atoms with E-state index in [1.54, 1.807) is 12.1 Å². The molecule has 2 aromatic rings. The van der Waals surface area contributed by atoms with Gasteiger partial charge in [0, 0.05) is 33.9 Å². The van der Waals surface area contributed by atoms with Gasteiger partial charge in [-0.15, -0.1) is 11.8 Å². The van der Waals surface area contributed by atoms with Crippen molar-refractivity contribution >= 4 is 23.2 Å². The maximum Gasteiger partial charge on any atom is 0.269 e.